The highest BCUT2D eigenvalue weighted by molar-refractivity contribution is 5.83. The highest BCUT2D eigenvalue weighted by Crippen LogP contribution is 2.31. The van der Waals surface area contributed by atoms with Crippen LogP contribution in [0.2, 0.25) is 0 Å². The highest BCUT2D eigenvalue weighted by Gasteiger charge is 2.47. The molecule has 5 heteroatoms. The van der Waals surface area contributed by atoms with Gasteiger partial charge in [-0.1, -0.05) is 0 Å². The zero-order valence-corrected chi connectivity index (χ0v) is 8.75. The summed E-state index contributed by atoms with van der Waals surface area (Å²) in [5.41, 5.74) is -0.640. The summed E-state index contributed by atoms with van der Waals surface area (Å²) in [4.78, 5) is 22.9. The second-order valence-electron chi connectivity index (χ2n) is 4.26. The molecular weight excluding hydrogens is 198 g/mol. The summed E-state index contributed by atoms with van der Waals surface area (Å²) in [5, 5.41) is 2.78. The van der Waals surface area contributed by atoms with E-state index >= 15 is 0 Å². The summed E-state index contributed by atoms with van der Waals surface area (Å²) in [7, 11) is 1.35. The van der Waals surface area contributed by atoms with Crippen LogP contribution in [0.1, 0.15) is 12.8 Å². The Morgan fingerprint density at radius 3 is 2.53 bits per heavy atom. The molecule has 1 N–H and O–H groups in total. The fourth-order valence-corrected chi connectivity index (χ4v) is 1.60. The molecule has 2 rings (SSSR count). The van der Waals surface area contributed by atoms with Crippen molar-refractivity contribution in [2.24, 2.45) is 11.3 Å². The van der Waals surface area contributed by atoms with Crippen LogP contribution in [0, 0.1) is 11.3 Å². The van der Waals surface area contributed by atoms with Crippen LogP contribution in [-0.4, -0.2) is 38.7 Å². The predicted octanol–water partition coefficient (Wildman–Crippen LogP) is -0.298. The minimum Gasteiger partial charge on any atom is -0.468 e. The summed E-state index contributed by atoms with van der Waals surface area (Å²) in [6.45, 7) is 1.00. The van der Waals surface area contributed by atoms with Gasteiger partial charge in [0.25, 0.3) is 0 Å². The molecule has 1 saturated heterocycles. The van der Waals surface area contributed by atoms with Gasteiger partial charge < -0.3 is 14.8 Å². The monoisotopic (exact) mass is 213 g/mol. The smallest absolute Gasteiger partial charge is 0.318 e. The molecule has 2 aliphatic rings. The molecule has 15 heavy (non-hydrogen) atoms. The Bertz CT molecular complexity index is 281. The zero-order valence-electron chi connectivity index (χ0n) is 8.75. The van der Waals surface area contributed by atoms with E-state index in [1.165, 1.54) is 7.11 Å². The van der Waals surface area contributed by atoms with Crippen LogP contribution in [0.4, 0.5) is 0 Å². The largest absolute Gasteiger partial charge is 0.468 e. The number of ether oxygens (including phenoxy) is 2. The van der Waals surface area contributed by atoms with Crippen molar-refractivity contribution in [2.75, 3.05) is 26.9 Å². The number of esters is 1. The Hall–Kier alpha value is -1.10. The number of hydrogen-bond donors (Lipinski definition) is 1. The molecule has 1 heterocycles. The molecule has 84 valence electrons. The number of carbonyl (C=O) groups excluding carboxylic acids is 2. The molecule has 0 radical (unpaired) electrons. The number of rotatable bonds is 4. The van der Waals surface area contributed by atoms with Gasteiger partial charge in [0, 0.05) is 12.5 Å². The van der Waals surface area contributed by atoms with Crippen molar-refractivity contribution in [3.8, 4) is 0 Å². The van der Waals surface area contributed by atoms with Crippen molar-refractivity contribution in [3.05, 3.63) is 0 Å². The van der Waals surface area contributed by atoms with E-state index in [0.717, 1.165) is 12.8 Å². The lowest BCUT2D eigenvalue weighted by atomic mass is 9.86. The maximum atomic E-state index is 11.5. The molecule has 0 atom stereocenters. The van der Waals surface area contributed by atoms with Gasteiger partial charge in [0.1, 0.15) is 5.41 Å². The molecule has 2 fully saturated rings. The van der Waals surface area contributed by atoms with E-state index in [9.17, 15) is 9.59 Å². The molecule has 0 bridgehead atoms. The molecule has 1 saturated carbocycles. The Balaban J connectivity index is 1.84. The van der Waals surface area contributed by atoms with Crippen LogP contribution in [0.15, 0.2) is 0 Å². The average Bonchev–Trinajstić information content (AvgIpc) is 2.98. The lowest BCUT2D eigenvalue weighted by molar-refractivity contribution is -0.182. The summed E-state index contributed by atoms with van der Waals surface area (Å²) >= 11 is 0. The van der Waals surface area contributed by atoms with E-state index in [0.29, 0.717) is 19.8 Å². The number of amides is 1. The molecule has 5 nitrogen and oxygen atoms in total. The molecule has 0 aromatic heterocycles. The molecule has 1 amide bonds. The molecule has 1 aliphatic carbocycles. The Morgan fingerprint density at radius 1 is 1.47 bits per heavy atom. The maximum absolute atomic E-state index is 11.5. The Labute approximate surface area is 88.1 Å². The van der Waals surface area contributed by atoms with Gasteiger partial charge in [-0.2, -0.15) is 0 Å². The van der Waals surface area contributed by atoms with Crippen molar-refractivity contribution < 1.29 is 19.1 Å². The topological polar surface area (TPSA) is 64.6 Å². The molecule has 1 aliphatic heterocycles. The van der Waals surface area contributed by atoms with E-state index in [-0.39, 0.29) is 17.8 Å². The first kappa shape index (κ1) is 10.4. The fraction of sp³-hybridized carbons (Fsp3) is 0.800. The van der Waals surface area contributed by atoms with Gasteiger partial charge in [-0.15, -0.1) is 0 Å². The van der Waals surface area contributed by atoms with Gasteiger partial charge in [0.05, 0.1) is 20.3 Å². The van der Waals surface area contributed by atoms with Gasteiger partial charge in [-0.3, -0.25) is 9.59 Å². The first-order valence-corrected chi connectivity index (χ1v) is 5.12. The SMILES string of the molecule is COC(=O)C1(CNC(=O)C2CC2)COC1. The molecule has 0 aromatic carbocycles. The molecule has 0 unspecified atom stereocenters. The zero-order chi connectivity index (χ0) is 10.9. The van der Waals surface area contributed by atoms with Crippen LogP contribution in [0.3, 0.4) is 0 Å². The third-order valence-electron chi connectivity index (χ3n) is 2.92. The second-order valence-corrected chi connectivity index (χ2v) is 4.26. The standard InChI is InChI=1S/C10H15NO4/c1-14-9(13)10(5-15-6-10)4-11-8(12)7-2-3-7/h7H,2-6H2,1H3,(H,11,12). The first-order valence-electron chi connectivity index (χ1n) is 5.12. The van der Waals surface area contributed by atoms with Gasteiger partial charge >= 0.3 is 5.97 Å². The Kier molecular flexibility index (Phi) is 2.65. The van der Waals surface area contributed by atoms with Crippen LogP contribution >= 0.6 is 0 Å². The normalized spacial score (nSPS) is 22.7. The number of nitrogens with one attached hydrogen (secondary N) is 1. The maximum Gasteiger partial charge on any atom is 0.318 e. The predicted molar refractivity (Wildman–Crippen MR) is 51.0 cm³/mol. The summed E-state index contributed by atoms with van der Waals surface area (Å²) in [5.74, 6) is -0.0873. The summed E-state index contributed by atoms with van der Waals surface area (Å²) in [6.07, 6.45) is 1.93. The molecule has 0 aromatic rings. The van der Waals surface area contributed by atoms with Crippen LogP contribution in [-0.2, 0) is 19.1 Å². The van der Waals surface area contributed by atoms with E-state index in [2.05, 4.69) is 5.32 Å². The quantitative estimate of drug-likeness (QED) is 0.651. The summed E-state index contributed by atoms with van der Waals surface area (Å²) in [6, 6.07) is 0. The first-order chi connectivity index (χ1) is 7.18. The van der Waals surface area contributed by atoms with E-state index in [1.54, 1.807) is 0 Å². The Morgan fingerprint density at radius 2 is 2.13 bits per heavy atom. The van der Waals surface area contributed by atoms with Crippen LogP contribution in [0.25, 0.3) is 0 Å². The highest BCUT2D eigenvalue weighted by atomic mass is 16.5. The minimum atomic E-state index is -0.640. The van der Waals surface area contributed by atoms with E-state index < -0.39 is 5.41 Å². The van der Waals surface area contributed by atoms with Crippen LogP contribution in [0.5, 0.6) is 0 Å². The van der Waals surface area contributed by atoms with Crippen LogP contribution < -0.4 is 5.32 Å². The lowest BCUT2D eigenvalue weighted by Gasteiger charge is -2.38. The van der Waals surface area contributed by atoms with Crippen molar-refractivity contribution >= 4 is 11.9 Å². The van der Waals surface area contributed by atoms with Gasteiger partial charge in [-0.25, -0.2) is 0 Å². The van der Waals surface area contributed by atoms with Crippen molar-refractivity contribution in [3.63, 3.8) is 0 Å². The van der Waals surface area contributed by atoms with Crippen molar-refractivity contribution in [2.45, 2.75) is 12.8 Å². The summed E-state index contributed by atoms with van der Waals surface area (Å²) < 4.78 is 9.71. The average molecular weight is 213 g/mol. The second kappa shape index (κ2) is 3.81. The number of methoxy groups -OCH3 is 1. The lowest BCUT2D eigenvalue weighted by Crippen LogP contribution is -2.56. The fourth-order valence-electron chi connectivity index (χ4n) is 1.60. The number of hydrogen-bond acceptors (Lipinski definition) is 4. The van der Waals surface area contributed by atoms with Gasteiger partial charge in [-0.05, 0) is 12.8 Å². The third kappa shape index (κ3) is 1.97. The molecular formula is C10H15NO4. The van der Waals surface area contributed by atoms with E-state index in [4.69, 9.17) is 9.47 Å². The minimum absolute atomic E-state index is 0.0465. The van der Waals surface area contributed by atoms with Gasteiger partial charge in [0.15, 0.2) is 0 Å². The number of carbonyl (C=O) groups is 2. The molecule has 0 spiro atoms. The van der Waals surface area contributed by atoms with E-state index in [1.807, 2.05) is 0 Å². The van der Waals surface area contributed by atoms with Crippen molar-refractivity contribution in [1.29, 1.82) is 0 Å². The third-order valence-corrected chi connectivity index (χ3v) is 2.92. The van der Waals surface area contributed by atoms with Crippen molar-refractivity contribution in [1.82, 2.24) is 5.32 Å². The van der Waals surface area contributed by atoms with Gasteiger partial charge in [0.2, 0.25) is 5.91 Å².